The van der Waals surface area contributed by atoms with Crippen molar-refractivity contribution in [1.82, 2.24) is 9.97 Å². The number of anilines is 2. The molecule has 10 heteroatoms. The maximum absolute atomic E-state index is 12.6. The number of hydrogen-bond acceptors (Lipinski definition) is 5. The Bertz CT molecular complexity index is 956. The summed E-state index contributed by atoms with van der Waals surface area (Å²) in [7, 11) is 0. The number of benzene rings is 1. The maximum Gasteiger partial charge on any atom is 0.239 e. The van der Waals surface area contributed by atoms with E-state index >= 15 is 0 Å². The highest BCUT2D eigenvalue weighted by atomic mass is 35.5. The van der Waals surface area contributed by atoms with E-state index in [9.17, 15) is 9.59 Å². The molecule has 2 amide bonds. The van der Waals surface area contributed by atoms with E-state index in [1.54, 1.807) is 30.3 Å². The molecule has 3 rings (SSSR count). The summed E-state index contributed by atoms with van der Waals surface area (Å²) in [6.45, 7) is 0.308. The van der Waals surface area contributed by atoms with Crippen LogP contribution in [0, 0.1) is 28.6 Å². The van der Waals surface area contributed by atoms with Gasteiger partial charge in [0.1, 0.15) is 18.1 Å². The average molecular weight is 389 g/mol. The zero-order valence-electron chi connectivity index (χ0n) is 13.1. The van der Waals surface area contributed by atoms with E-state index in [2.05, 4.69) is 15.3 Å². The molecule has 2 N–H and O–H groups in total. The van der Waals surface area contributed by atoms with Crippen LogP contribution >= 0.6 is 23.2 Å². The summed E-state index contributed by atoms with van der Waals surface area (Å²) < 4.78 is 0. The first-order valence-electron chi connectivity index (χ1n) is 7.42. The third-order valence-corrected chi connectivity index (χ3v) is 4.44. The number of halogens is 2. The fraction of sp³-hybridized carbons (Fsp3) is 0.188. The zero-order chi connectivity index (χ0) is 18.8. The first kappa shape index (κ1) is 17.7. The first-order chi connectivity index (χ1) is 12.4. The fourth-order valence-corrected chi connectivity index (χ4v) is 3.04. The molecule has 0 radical (unpaired) electrons. The molecule has 1 aliphatic rings. The molecular weight excluding hydrogens is 379 g/mol. The van der Waals surface area contributed by atoms with Gasteiger partial charge in [-0.15, -0.1) is 0 Å². The number of imidazole rings is 1. The molecule has 0 spiro atoms. The van der Waals surface area contributed by atoms with E-state index in [-0.39, 0.29) is 23.8 Å². The lowest BCUT2D eigenvalue weighted by Crippen LogP contribution is -2.33. The Morgan fingerprint density at radius 2 is 2.12 bits per heavy atom. The quantitative estimate of drug-likeness (QED) is 0.780. The van der Waals surface area contributed by atoms with Crippen molar-refractivity contribution < 1.29 is 9.59 Å². The topological polar surface area (TPSA) is 126 Å². The molecule has 8 nitrogen and oxygen atoms in total. The molecule has 130 valence electrons. The lowest BCUT2D eigenvalue weighted by molar-refractivity contribution is -0.129. The second-order valence-electron chi connectivity index (χ2n) is 5.45. The van der Waals surface area contributed by atoms with Crippen molar-refractivity contribution in [2.24, 2.45) is 5.92 Å². The highest BCUT2D eigenvalue weighted by molar-refractivity contribution is 6.36. The summed E-state index contributed by atoms with van der Waals surface area (Å²) in [5.41, 5.74) is 0.247. The van der Waals surface area contributed by atoms with Crippen molar-refractivity contribution in [3.05, 3.63) is 39.6 Å². The van der Waals surface area contributed by atoms with Crippen LogP contribution in [-0.4, -0.2) is 28.3 Å². The number of nitrogens with zero attached hydrogens (tertiary/aromatic N) is 4. The zero-order valence-corrected chi connectivity index (χ0v) is 14.6. The van der Waals surface area contributed by atoms with Crippen molar-refractivity contribution in [1.29, 1.82) is 10.5 Å². The number of nitriles is 2. The Morgan fingerprint density at radius 1 is 1.35 bits per heavy atom. The summed E-state index contributed by atoms with van der Waals surface area (Å²) in [6.07, 6.45) is 0.282. The lowest BCUT2D eigenvalue weighted by atomic mass is 10.1. The number of carbonyl (C=O) groups excluding carboxylic acids is 2. The SMILES string of the molecule is N#Cc1nc(NC(=O)[C@H]2CCN(c3cc(Cl)ccc3Cl)C2=O)[nH]c1C#N. The summed E-state index contributed by atoms with van der Waals surface area (Å²) in [6, 6.07) is 8.25. The van der Waals surface area contributed by atoms with Crippen molar-refractivity contribution in [2.75, 3.05) is 16.8 Å². The molecule has 1 aromatic heterocycles. The molecule has 0 saturated carbocycles. The number of carbonyl (C=O) groups is 2. The molecular formula is C16H10Cl2N6O2. The number of aromatic nitrogens is 2. The van der Waals surface area contributed by atoms with Gasteiger partial charge in [-0.3, -0.25) is 14.9 Å². The predicted octanol–water partition coefficient (Wildman–Crippen LogP) is 2.45. The second-order valence-corrected chi connectivity index (χ2v) is 6.29. The van der Waals surface area contributed by atoms with Gasteiger partial charge in [0.15, 0.2) is 11.4 Å². The van der Waals surface area contributed by atoms with Crippen LogP contribution in [0.4, 0.5) is 11.6 Å². The van der Waals surface area contributed by atoms with Gasteiger partial charge >= 0.3 is 0 Å². The summed E-state index contributed by atoms with van der Waals surface area (Å²) in [4.78, 5) is 32.8. The average Bonchev–Trinajstić information content (AvgIpc) is 3.20. The van der Waals surface area contributed by atoms with Crippen molar-refractivity contribution in [2.45, 2.75) is 6.42 Å². The van der Waals surface area contributed by atoms with Gasteiger partial charge < -0.3 is 9.88 Å². The van der Waals surface area contributed by atoms with Crippen LogP contribution in [0.25, 0.3) is 0 Å². The van der Waals surface area contributed by atoms with Crippen LogP contribution in [0.5, 0.6) is 0 Å². The van der Waals surface area contributed by atoms with Gasteiger partial charge in [0.05, 0.1) is 10.7 Å². The molecule has 0 unspecified atom stereocenters. The van der Waals surface area contributed by atoms with E-state index in [0.29, 0.717) is 22.3 Å². The predicted molar refractivity (Wildman–Crippen MR) is 93.6 cm³/mol. The Morgan fingerprint density at radius 3 is 2.77 bits per heavy atom. The van der Waals surface area contributed by atoms with Crippen LogP contribution in [-0.2, 0) is 9.59 Å². The van der Waals surface area contributed by atoms with Gasteiger partial charge in [-0.25, -0.2) is 4.98 Å². The highest BCUT2D eigenvalue weighted by Gasteiger charge is 2.38. The van der Waals surface area contributed by atoms with Crippen molar-refractivity contribution in [3.63, 3.8) is 0 Å². The molecule has 0 bridgehead atoms. The Balaban J connectivity index is 1.77. The van der Waals surface area contributed by atoms with Crippen LogP contribution in [0.3, 0.4) is 0 Å². The van der Waals surface area contributed by atoms with E-state index in [1.165, 1.54) is 4.90 Å². The number of aromatic amines is 1. The normalized spacial score (nSPS) is 16.2. The van der Waals surface area contributed by atoms with E-state index in [4.69, 9.17) is 33.7 Å². The third kappa shape index (κ3) is 3.21. The van der Waals surface area contributed by atoms with E-state index < -0.39 is 17.7 Å². The number of rotatable bonds is 3. The van der Waals surface area contributed by atoms with Gasteiger partial charge in [0.25, 0.3) is 0 Å². The van der Waals surface area contributed by atoms with Crippen molar-refractivity contribution >= 4 is 46.7 Å². The molecule has 26 heavy (non-hydrogen) atoms. The maximum atomic E-state index is 12.6. The molecule has 2 heterocycles. The molecule has 1 atom stereocenters. The van der Waals surface area contributed by atoms with Crippen molar-refractivity contribution in [3.8, 4) is 12.1 Å². The Hall–Kier alpha value is -3.07. The fourth-order valence-electron chi connectivity index (χ4n) is 2.65. The highest BCUT2D eigenvalue weighted by Crippen LogP contribution is 2.33. The number of nitrogens with one attached hydrogen (secondary N) is 2. The molecule has 1 aromatic carbocycles. The number of H-pyrrole nitrogens is 1. The van der Waals surface area contributed by atoms with Gasteiger partial charge in [0, 0.05) is 11.6 Å². The van der Waals surface area contributed by atoms with Gasteiger partial charge in [0.2, 0.25) is 17.8 Å². The van der Waals surface area contributed by atoms with Crippen LogP contribution < -0.4 is 10.2 Å². The molecule has 2 aromatic rings. The minimum Gasteiger partial charge on any atom is -0.314 e. The minimum absolute atomic E-state index is 0.0601. The number of hydrogen-bond donors (Lipinski definition) is 2. The third-order valence-electron chi connectivity index (χ3n) is 3.88. The number of amides is 2. The first-order valence-corrected chi connectivity index (χ1v) is 8.17. The standard InChI is InChI=1S/C16H10Cl2N6O2/c17-8-1-2-10(18)13(5-8)24-4-3-9(15(24)26)14(25)23-16-21-11(6-19)12(7-20)22-16/h1-2,5,9H,3-4H2,(H2,21,22,23,25)/t9-/m1/s1. The lowest BCUT2D eigenvalue weighted by Gasteiger charge is -2.18. The molecule has 1 aliphatic heterocycles. The minimum atomic E-state index is -0.939. The Kier molecular flexibility index (Phi) is 4.81. The summed E-state index contributed by atoms with van der Waals surface area (Å²) in [5, 5.41) is 21.0. The summed E-state index contributed by atoms with van der Waals surface area (Å²) in [5.74, 6) is -2.00. The second kappa shape index (κ2) is 7.04. The van der Waals surface area contributed by atoms with E-state index in [0.717, 1.165) is 0 Å². The summed E-state index contributed by atoms with van der Waals surface area (Å²) >= 11 is 12.1. The van der Waals surface area contributed by atoms with Crippen LogP contribution in [0.15, 0.2) is 18.2 Å². The largest absolute Gasteiger partial charge is 0.314 e. The van der Waals surface area contributed by atoms with E-state index in [1.807, 2.05) is 0 Å². The molecule has 1 saturated heterocycles. The van der Waals surface area contributed by atoms with Gasteiger partial charge in [-0.1, -0.05) is 23.2 Å². The monoisotopic (exact) mass is 388 g/mol. The van der Waals surface area contributed by atoms with Crippen LogP contribution in [0.1, 0.15) is 17.8 Å². The van der Waals surface area contributed by atoms with Gasteiger partial charge in [-0.2, -0.15) is 10.5 Å². The molecule has 0 aliphatic carbocycles. The molecule has 1 fully saturated rings. The Labute approximate surface area is 157 Å². The van der Waals surface area contributed by atoms with Gasteiger partial charge in [-0.05, 0) is 24.6 Å². The smallest absolute Gasteiger partial charge is 0.239 e. The van der Waals surface area contributed by atoms with Crippen LogP contribution in [0.2, 0.25) is 10.0 Å².